The van der Waals surface area contributed by atoms with Gasteiger partial charge in [-0.15, -0.1) is 11.8 Å². The Morgan fingerprint density at radius 3 is 2.54 bits per heavy atom. The molecule has 2 rings (SSSR count). The highest BCUT2D eigenvalue weighted by molar-refractivity contribution is 7.99. The number of hydrazine groups is 1. The third-order valence-corrected chi connectivity index (χ3v) is 4.35. The fourth-order valence-corrected chi connectivity index (χ4v) is 2.82. The van der Waals surface area contributed by atoms with Crippen LogP contribution in [0.2, 0.25) is 0 Å². The second kappa shape index (κ2) is 9.54. The van der Waals surface area contributed by atoms with Gasteiger partial charge < -0.3 is 5.11 Å². The van der Waals surface area contributed by atoms with Gasteiger partial charge in [0.15, 0.2) is 0 Å². The van der Waals surface area contributed by atoms with Crippen molar-refractivity contribution >= 4 is 29.3 Å². The molecule has 2 amide bonds. The fourth-order valence-electron chi connectivity index (χ4n) is 2.03. The number of carbonyl (C=O) groups excluding carboxylic acids is 2. The molecule has 1 atom stereocenters. The van der Waals surface area contributed by atoms with Gasteiger partial charge in [-0.1, -0.05) is 36.4 Å². The van der Waals surface area contributed by atoms with Gasteiger partial charge in [0.25, 0.3) is 11.6 Å². The van der Waals surface area contributed by atoms with E-state index in [-0.39, 0.29) is 17.0 Å². The lowest BCUT2D eigenvalue weighted by atomic mass is 10.1. The van der Waals surface area contributed by atoms with E-state index in [1.807, 2.05) is 18.2 Å². The van der Waals surface area contributed by atoms with Gasteiger partial charge in [0.05, 0.1) is 16.8 Å². The summed E-state index contributed by atoms with van der Waals surface area (Å²) in [6, 6.07) is 14.3. The molecule has 8 nitrogen and oxygen atoms in total. The molecule has 2 aromatic rings. The number of non-ortho nitro benzene ring substituents is 1. The van der Waals surface area contributed by atoms with Crippen LogP contribution in [-0.4, -0.2) is 33.3 Å². The lowest BCUT2D eigenvalue weighted by Crippen LogP contribution is -2.42. The van der Waals surface area contributed by atoms with Crippen LogP contribution in [0.1, 0.15) is 22.0 Å². The van der Waals surface area contributed by atoms with Crippen molar-refractivity contribution in [3.8, 4) is 0 Å². The van der Waals surface area contributed by atoms with Crippen LogP contribution in [-0.2, 0) is 4.79 Å². The Bertz CT molecular complexity index is 785. The summed E-state index contributed by atoms with van der Waals surface area (Å²) < 4.78 is 0. The number of nitro groups is 1. The zero-order chi connectivity index (χ0) is 18.9. The molecule has 0 aliphatic heterocycles. The van der Waals surface area contributed by atoms with E-state index in [9.17, 15) is 24.8 Å². The van der Waals surface area contributed by atoms with Crippen molar-refractivity contribution in [3.05, 3.63) is 75.8 Å². The van der Waals surface area contributed by atoms with Crippen LogP contribution in [0.5, 0.6) is 0 Å². The molecule has 0 aliphatic rings. The van der Waals surface area contributed by atoms with Crippen molar-refractivity contribution in [1.29, 1.82) is 0 Å². The van der Waals surface area contributed by atoms with E-state index < -0.39 is 22.8 Å². The number of amides is 2. The quantitative estimate of drug-likeness (QED) is 0.501. The van der Waals surface area contributed by atoms with Crippen LogP contribution < -0.4 is 10.9 Å². The Hall–Kier alpha value is -2.91. The number of hydrogen-bond acceptors (Lipinski definition) is 6. The van der Waals surface area contributed by atoms with E-state index in [2.05, 4.69) is 10.9 Å². The number of nitro benzene ring substituents is 1. The van der Waals surface area contributed by atoms with Gasteiger partial charge in [-0.3, -0.25) is 30.6 Å². The highest BCUT2D eigenvalue weighted by Gasteiger charge is 2.13. The number of rotatable bonds is 7. The minimum atomic E-state index is -0.687. The number of aliphatic hydroxyl groups is 1. The summed E-state index contributed by atoms with van der Waals surface area (Å²) in [4.78, 5) is 33.7. The first-order valence-corrected chi connectivity index (χ1v) is 8.77. The summed E-state index contributed by atoms with van der Waals surface area (Å²) in [7, 11) is 0. The minimum Gasteiger partial charge on any atom is -0.388 e. The van der Waals surface area contributed by atoms with Gasteiger partial charge >= 0.3 is 0 Å². The molecule has 0 saturated heterocycles. The zero-order valence-electron chi connectivity index (χ0n) is 13.6. The molecule has 3 N–H and O–H groups in total. The van der Waals surface area contributed by atoms with Crippen LogP contribution in [0, 0.1) is 10.1 Å². The first-order valence-electron chi connectivity index (χ1n) is 7.62. The predicted octanol–water partition coefficient (Wildman–Crippen LogP) is 1.82. The number of benzene rings is 2. The zero-order valence-corrected chi connectivity index (χ0v) is 14.4. The molecule has 1 unspecified atom stereocenters. The van der Waals surface area contributed by atoms with Crippen molar-refractivity contribution in [2.45, 2.75) is 6.10 Å². The third-order valence-electron chi connectivity index (χ3n) is 3.33. The molecule has 136 valence electrons. The Morgan fingerprint density at radius 2 is 1.85 bits per heavy atom. The maximum absolute atomic E-state index is 11.9. The SMILES string of the molecule is O=C(CSCC(O)c1ccccc1)NNC(=O)c1cccc([N+](=O)[O-])c1. The smallest absolute Gasteiger partial charge is 0.270 e. The molecule has 0 heterocycles. The molecule has 0 aromatic heterocycles. The number of aliphatic hydroxyl groups excluding tert-OH is 1. The lowest BCUT2D eigenvalue weighted by Gasteiger charge is -2.11. The Labute approximate surface area is 153 Å². The summed E-state index contributed by atoms with van der Waals surface area (Å²) in [5.74, 6) is -0.736. The van der Waals surface area contributed by atoms with E-state index in [1.54, 1.807) is 12.1 Å². The third kappa shape index (κ3) is 5.87. The molecular weight excluding hydrogens is 358 g/mol. The lowest BCUT2D eigenvalue weighted by molar-refractivity contribution is -0.384. The number of nitrogens with one attached hydrogen (secondary N) is 2. The van der Waals surface area contributed by atoms with Crippen molar-refractivity contribution in [3.63, 3.8) is 0 Å². The maximum Gasteiger partial charge on any atom is 0.270 e. The van der Waals surface area contributed by atoms with E-state index in [0.717, 1.165) is 11.6 Å². The highest BCUT2D eigenvalue weighted by Crippen LogP contribution is 2.17. The van der Waals surface area contributed by atoms with Gasteiger partial charge in [-0.25, -0.2) is 0 Å². The standard InChI is InChI=1S/C17H17N3O5S/c21-15(12-5-2-1-3-6-12)10-26-11-16(22)18-19-17(23)13-7-4-8-14(9-13)20(24)25/h1-9,15,21H,10-11H2,(H,18,22)(H,19,23). The second-order valence-electron chi connectivity index (χ2n) is 5.25. The molecule has 0 spiro atoms. The number of carbonyl (C=O) groups is 2. The predicted molar refractivity (Wildman–Crippen MR) is 97.4 cm³/mol. The summed E-state index contributed by atoms with van der Waals surface area (Å²) in [6.07, 6.45) is -0.687. The second-order valence-corrected chi connectivity index (χ2v) is 6.28. The van der Waals surface area contributed by atoms with Crippen molar-refractivity contribution in [2.75, 3.05) is 11.5 Å². The first kappa shape index (κ1) is 19.4. The average Bonchev–Trinajstić information content (AvgIpc) is 2.66. The fraction of sp³-hybridized carbons (Fsp3) is 0.176. The molecule has 9 heteroatoms. The number of nitrogens with zero attached hydrogens (tertiary/aromatic N) is 1. The Morgan fingerprint density at radius 1 is 1.12 bits per heavy atom. The average molecular weight is 375 g/mol. The summed E-state index contributed by atoms with van der Waals surface area (Å²) in [5.41, 5.74) is 5.04. The van der Waals surface area contributed by atoms with E-state index in [0.29, 0.717) is 5.75 Å². The molecular formula is C17H17N3O5S. The van der Waals surface area contributed by atoms with Gasteiger partial charge in [0.2, 0.25) is 5.91 Å². The van der Waals surface area contributed by atoms with Crippen LogP contribution in [0.25, 0.3) is 0 Å². The molecule has 0 radical (unpaired) electrons. The van der Waals surface area contributed by atoms with Crippen LogP contribution in [0.15, 0.2) is 54.6 Å². The van der Waals surface area contributed by atoms with Crippen LogP contribution >= 0.6 is 11.8 Å². The molecule has 0 bridgehead atoms. The first-order chi connectivity index (χ1) is 12.5. The van der Waals surface area contributed by atoms with Crippen molar-refractivity contribution in [1.82, 2.24) is 10.9 Å². The van der Waals surface area contributed by atoms with Gasteiger partial charge in [-0.2, -0.15) is 0 Å². The summed E-state index contributed by atoms with van der Waals surface area (Å²) >= 11 is 1.22. The molecule has 0 saturated carbocycles. The highest BCUT2D eigenvalue weighted by atomic mass is 32.2. The minimum absolute atomic E-state index is 0.0408. The van der Waals surface area contributed by atoms with Crippen LogP contribution in [0.4, 0.5) is 5.69 Å². The molecule has 2 aromatic carbocycles. The van der Waals surface area contributed by atoms with E-state index in [1.165, 1.54) is 30.0 Å². The van der Waals surface area contributed by atoms with Crippen LogP contribution in [0.3, 0.4) is 0 Å². The Balaban J connectivity index is 1.74. The largest absolute Gasteiger partial charge is 0.388 e. The van der Waals surface area contributed by atoms with E-state index >= 15 is 0 Å². The number of hydrogen-bond donors (Lipinski definition) is 3. The maximum atomic E-state index is 11.9. The topological polar surface area (TPSA) is 122 Å². The normalized spacial score (nSPS) is 11.4. The monoisotopic (exact) mass is 375 g/mol. The van der Waals surface area contributed by atoms with Gasteiger partial charge in [0, 0.05) is 23.4 Å². The molecule has 0 aliphatic carbocycles. The summed E-state index contributed by atoms with van der Waals surface area (Å²) in [5, 5.41) is 20.7. The summed E-state index contributed by atoms with van der Waals surface area (Å²) in [6.45, 7) is 0. The van der Waals surface area contributed by atoms with Crippen molar-refractivity contribution in [2.24, 2.45) is 0 Å². The van der Waals surface area contributed by atoms with Gasteiger partial charge in [0.1, 0.15) is 0 Å². The van der Waals surface area contributed by atoms with Crippen molar-refractivity contribution < 1.29 is 19.6 Å². The van der Waals surface area contributed by atoms with Gasteiger partial charge in [-0.05, 0) is 11.6 Å². The Kier molecular flexibility index (Phi) is 7.12. The van der Waals surface area contributed by atoms with E-state index in [4.69, 9.17) is 0 Å². The molecule has 26 heavy (non-hydrogen) atoms. The number of thioether (sulfide) groups is 1. The molecule has 0 fully saturated rings.